The van der Waals surface area contributed by atoms with E-state index in [1.54, 1.807) is 57.2 Å². The van der Waals surface area contributed by atoms with Crippen molar-refractivity contribution in [2.75, 3.05) is 0 Å². The first-order valence-corrected chi connectivity index (χ1v) is 20.8. The number of hydrogen-bond donors (Lipinski definition) is 8. The third-order valence-electron chi connectivity index (χ3n) is 9.53. The number of hydrogen-bond acceptors (Lipinski definition) is 12. The maximum atomic E-state index is 15.0. The van der Waals surface area contributed by atoms with E-state index in [9.17, 15) is 53.4 Å². The van der Waals surface area contributed by atoms with E-state index in [-0.39, 0.29) is 25.2 Å². The molecule has 9 N–H and O–H groups in total. The van der Waals surface area contributed by atoms with E-state index in [1.165, 1.54) is 32.1 Å². The van der Waals surface area contributed by atoms with Crippen LogP contribution < -0.4 is 27.0 Å². The molecule has 6 atom stereocenters. The van der Waals surface area contributed by atoms with E-state index in [2.05, 4.69) is 21.3 Å². The number of carbonyl (C=O) groups is 10. The van der Waals surface area contributed by atoms with Crippen LogP contribution in [0.4, 0.5) is 0 Å². The number of aldehydes is 1. The van der Waals surface area contributed by atoms with Crippen LogP contribution in [0.2, 0.25) is 0 Å². The minimum absolute atomic E-state index is 0.0610. The van der Waals surface area contributed by atoms with E-state index in [1.807, 2.05) is 5.38 Å². The van der Waals surface area contributed by atoms with Crippen LogP contribution in [-0.4, -0.2) is 116 Å². The van der Waals surface area contributed by atoms with Gasteiger partial charge in [-0.25, -0.2) is 0 Å². The fourth-order valence-corrected chi connectivity index (χ4v) is 7.20. The molecule has 0 aliphatic carbocycles. The molecule has 19 nitrogen and oxygen atoms in total. The number of carbonyl (C=O) groups excluding carboxylic acids is 7. The van der Waals surface area contributed by atoms with Gasteiger partial charge in [-0.15, -0.1) is 11.3 Å². The predicted molar refractivity (Wildman–Crippen MR) is 225 cm³/mol. The fourth-order valence-electron chi connectivity index (χ4n) is 6.44. The summed E-state index contributed by atoms with van der Waals surface area (Å²) in [4.78, 5) is 132. The summed E-state index contributed by atoms with van der Waals surface area (Å²) in [6, 6.07) is 1.22. The maximum absolute atomic E-state index is 15.0. The molecule has 1 aromatic heterocycles. The van der Waals surface area contributed by atoms with Crippen LogP contribution in [0.25, 0.3) is 0 Å². The molecule has 0 saturated heterocycles. The van der Waals surface area contributed by atoms with Crippen molar-refractivity contribution in [2.24, 2.45) is 17.1 Å². The summed E-state index contributed by atoms with van der Waals surface area (Å²) in [5, 5.41) is 39.9. The molecule has 62 heavy (non-hydrogen) atoms. The minimum atomic E-state index is -1.75. The summed E-state index contributed by atoms with van der Waals surface area (Å²) in [6.07, 6.45) is -3.08. The standard InChI is InChI=1S/C42H58N6O13S/c1-23(2)18-30(39(59)44-26(22-49)20-27-12-9-17-62-27)46-40(60)36(42(4,5)6)48(32(50)14-16-34(53)54)41(61)31(19-25-11-8-7-10-24(25)3)47-38(58)29(13-15-33(51)52)45-37(57)28(43)21-35(55)56/h7-12,17,22-23,26,28-31,36H,13-16,18-21,43H2,1-6H3,(H,44,59)(H,45,57)(H,46,60)(H,47,58)(H,51,52)(H,53,54)(H,55,56)/t26?,28-,29-,30-,31-,36+/m0/s1. The zero-order valence-electron chi connectivity index (χ0n) is 35.7. The minimum Gasteiger partial charge on any atom is -0.481 e. The molecule has 0 aliphatic heterocycles. The number of carboxylic acids is 3. The molecule has 2 aromatic rings. The monoisotopic (exact) mass is 886 g/mol. The van der Waals surface area contributed by atoms with Crippen LogP contribution in [-0.2, 0) is 60.8 Å². The van der Waals surface area contributed by atoms with Gasteiger partial charge in [0.25, 0.3) is 5.91 Å². The quantitative estimate of drug-likeness (QED) is 0.0653. The molecule has 1 heterocycles. The third kappa shape index (κ3) is 17.2. The van der Waals surface area contributed by atoms with Crippen LogP contribution in [0.3, 0.4) is 0 Å². The lowest BCUT2D eigenvalue weighted by Crippen LogP contribution is -2.64. The lowest BCUT2D eigenvalue weighted by atomic mass is 9.83. The molecular weight excluding hydrogens is 829 g/mol. The summed E-state index contributed by atoms with van der Waals surface area (Å²) in [7, 11) is 0. The first-order valence-electron chi connectivity index (χ1n) is 20.0. The Bertz CT molecular complexity index is 1930. The number of thiophene rings is 1. The van der Waals surface area contributed by atoms with Gasteiger partial charge < -0.3 is 47.1 Å². The summed E-state index contributed by atoms with van der Waals surface area (Å²) in [5.41, 5.74) is 5.49. The smallest absolute Gasteiger partial charge is 0.305 e. The van der Waals surface area contributed by atoms with Crippen LogP contribution in [0, 0.1) is 18.3 Å². The number of rotatable bonds is 25. The molecule has 1 aromatic carbocycles. The summed E-state index contributed by atoms with van der Waals surface area (Å²) in [6.45, 7) is 9.84. The topological polar surface area (TPSA) is 309 Å². The molecule has 20 heteroatoms. The largest absolute Gasteiger partial charge is 0.481 e. The van der Waals surface area contributed by atoms with Crippen LogP contribution in [0.15, 0.2) is 41.8 Å². The molecule has 6 amide bonds. The third-order valence-corrected chi connectivity index (χ3v) is 10.4. The van der Waals surface area contributed by atoms with Gasteiger partial charge in [-0.1, -0.05) is 65.0 Å². The molecule has 0 spiro atoms. The van der Waals surface area contributed by atoms with Crippen LogP contribution in [0.5, 0.6) is 0 Å². The van der Waals surface area contributed by atoms with Crippen molar-refractivity contribution in [3.05, 3.63) is 57.8 Å². The highest BCUT2D eigenvalue weighted by atomic mass is 32.1. The van der Waals surface area contributed by atoms with Gasteiger partial charge in [0.1, 0.15) is 30.5 Å². The Morgan fingerprint density at radius 2 is 1.34 bits per heavy atom. The number of nitrogens with zero attached hydrogens (tertiary/aromatic N) is 1. The fraction of sp³-hybridized carbons (Fsp3) is 0.524. The molecule has 340 valence electrons. The van der Waals surface area contributed by atoms with Gasteiger partial charge in [0.2, 0.25) is 29.5 Å². The van der Waals surface area contributed by atoms with Gasteiger partial charge in [-0.05, 0) is 53.7 Å². The zero-order chi connectivity index (χ0) is 46.9. The molecule has 2 rings (SSSR count). The second kappa shape index (κ2) is 24.4. The van der Waals surface area contributed by atoms with Crippen molar-refractivity contribution >= 4 is 71.0 Å². The number of benzene rings is 1. The highest BCUT2D eigenvalue weighted by Gasteiger charge is 2.46. The Morgan fingerprint density at radius 1 is 0.742 bits per heavy atom. The van der Waals surface area contributed by atoms with Crippen molar-refractivity contribution in [1.29, 1.82) is 0 Å². The number of aliphatic carboxylic acids is 3. The maximum Gasteiger partial charge on any atom is 0.305 e. The van der Waals surface area contributed by atoms with Crippen molar-refractivity contribution in [2.45, 2.75) is 129 Å². The van der Waals surface area contributed by atoms with E-state index >= 15 is 4.79 Å². The molecule has 1 unspecified atom stereocenters. The van der Waals surface area contributed by atoms with Crippen LogP contribution in [0.1, 0.15) is 89.1 Å². The van der Waals surface area contributed by atoms with Crippen LogP contribution >= 0.6 is 11.3 Å². The average Bonchev–Trinajstić information content (AvgIpc) is 3.69. The van der Waals surface area contributed by atoms with Crippen molar-refractivity contribution < 1.29 is 63.3 Å². The van der Waals surface area contributed by atoms with E-state index in [0.29, 0.717) is 22.3 Å². The second-order valence-electron chi connectivity index (χ2n) is 16.4. The van der Waals surface area contributed by atoms with Gasteiger partial charge in [0.15, 0.2) is 0 Å². The number of aryl methyl sites for hydroxylation is 1. The average molecular weight is 887 g/mol. The van der Waals surface area contributed by atoms with E-state index in [0.717, 1.165) is 4.88 Å². The SMILES string of the molecule is Cc1ccccc1C[C@H](NC(=O)[C@H](CCC(=O)O)NC(=O)[C@@H](N)CC(=O)O)C(=O)N(C(=O)CCC(=O)O)[C@H](C(=O)N[C@@H](CC(C)C)C(=O)NC(C=O)Cc1cccs1)C(C)(C)C. The van der Waals surface area contributed by atoms with Gasteiger partial charge in [-0.2, -0.15) is 0 Å². The summed E-state index contributed by atoms with van der Waals surface area (Å²) >= 11 is 1.38. The molecular formula is C42H58N6O13S. The van der Waals surface area contributed by atoms with Gasteiger partial charge in [0.05, 0.1) is 24.9 Å². The van der Waals surface area contributed by atoms with Gasteiger partial charge in [0, 0.05) is 30.6 Å². The van der Waals surface area contributed by atoms with Crippen molar-refractivity contribution in [1.82, 2.24) is 26.2 Å². The first-order chi connectivity index (χ1) is 28.9. The molecule has 0 bridgehead atoms. The zero-order valence-corrected chi connectivity index (χ0v) is 36.5. The number of amides is 6. The second-order valence-corrected chi connectivity index (χ2v) is 17.4. The van der Waals surface area contributed by atoms with E-state index in [4.69, 9.17) is 10.8 Å². The van der Waals surface area contributed by atoms with Crippen molar-refractivity contribution in [3.8, 4) is 0 Å². The summed E-state index contributed by atoms with van der Waals surface area (Å²) in [5.74, 6) is -10.6. The number of imide groups is 1. The molecule has 0 fully saturated rings. The van der Waals surface area contributed by atoms with E-state index < -0.39 is 127 Å². The first kappa shape index (κ1) is 52.1. The molecule has 0 radical (unpaired) electrons. The summed E-state index contributed by atoms with van der Waals surface area (Å²) < 4.78 is 0. The molecule has 0 saturated carbocycles. The number of nitrogens with two attached hydrogens (primary N) is 1. The van der Waals surface area contributed by atoms with Gasteiger partial charge >= 0.3 is 17.9 Å². The van der Waals surface area contributed by atoms with Gasteiger partial charge in [-0.3, -0.25) is 48.1 Å². The van der Waals surface area contributed by atoms with Crippen molar-refractivity contribution in [3.63, 3.8) is 0 Å². The Hall–Kier alpha value is -6.02. The normalized spacial score (nSPS) is 14.2. The highest BCUT2D eigenvalue weighted by molar-refractivity contribution is 7.09. The lowest BCUT2D eigenvalue weighted by Gasteiger charge is -2.40. The highest BCUT2D eigenvalue weighted by Crippen LogP contribution is 2.28. The Balaban J connectivity index is 2.71. The Labute approximate surface area is 363 Å². The predicted octanol–water partition coefficient (Wildman–Crippen LogP) is 1.33. The molecule has 0 aliphatic rings. The Morgan fingerprint density at radius 3 is 1.87 bits per heavy atom. The number of nitrogens with one attached hydrogen (secondary N) is 4. The Kier molecular flexibility index (Phi) is 20.5. The number of carboxylic acid groups (broad SMARTS) is 3. The lowest BCUT2D eigenvalue weighted by molar-refractivity contribution is -0.159.